The molecule has 0 unspecified atom stereocenters. The predicted octanol–water partition coefficient (Wildman–Crippen LogP) is 0.834. The standard InChI is InChI=1S/C7H6N2O3.C6H6N2O4.C5H4N2O4.C2H6/c1-9-3-2-4-5(6(9)10)8-7(11)12-4;1-7-3-2-4(9)5(6(7)10)8(11)12;8-3-1-2-6-5(9)4(3)7(10)11;1-2/h2-3H,1H3,(H,8,11);2-3,9H,1H3;1-2H,(H2,6,8,9);1-2H3. The molecule has 0 spiro atoms. The Kier molecular flexibility index (Phi) is 10.3. The van der Waals surface area contributed by atoms with E-state index < -0.39 is 49.6 Å². The molecule has 4 rings (SSSR count). The highest BCUT2D eigenvalue weighted by Crippen LogP contribution is 2.19. The summed E-state index contributed by atoms with van der Waals surface area (Å²) in [6.07, 6.45) is 3.93. The molecule has 0 amide bonds. The molecule has 0 radical (unpaired) electrons. The summed E-state index contributed by atoms with van der Waals surface area (Å²) in [5, 5.41) is 38.0. The molecule has 0 atom stereocenters. The van der Waals surface area contributed by atoms with Gasteiger partial charge < -0.3 is 28.7 Å². The van der Waals surface area contributed by atoms with Crippen LogP contribution in [0.15, 0.2) is 60.4 Å². The number of hydrogen-bond donors (Lipinski definition) is 4. The number of aromatic nitrogens is 4. The summed E-state index contributed by atoms with van der Waals surface area (Å²) in [6, 6.07) is 3.70. The molecule has 0 aromatic carbocycles. The van der Waals surface area contributed by atoms with Crippen molar-refractivity contribution in [3.8, 4) is 11.5 Å². The molecule has 4 heterocycles. The summed E-state index contributed by atoms with van der Waals surface area (Å²) in [5.41, 5.74) is -3.10. The van der Waals surface area contributed by atoms with E-state index in [1.807, 2.05) is 13.8 Å². The van der Waals surface area contributed by atoms with E-state index in [1.54, 1.807) is 19.3 Å². The number of nitro groups is 2. The van der Waals surface area contributed by atoms with E-state index >= 15 is 0 Å². The van der Waals surface area contributed by atoms with Crippen LogP contribution in [0.1, 0.15) is 13.8 Å². The number of aryl methyl sites for hydroxylation is 2. The average molecular weight is 522 g/mol. The Bertz CT molecular complexity index is 1640. The van der Waals surface area contributed by atoms with Crippen molar-refractivity contribution in [1.29, 1.82) is 0 Å². The first-order chi connectivity index (χ1) is 17.3. The van der Waals surface area contributed by atoms with Gasteiger partial charge in [-0.15, -0.1) is 0 Å². The van der Waals surface area contributed by atoms with Crippen molar-refractivity contribution in [2.24, 2.45) is 14.1 Å². The van der Waals surface area contributed by atoms with Crippen molar-refractivity contribution < 1.29 is 24.5 Å². The van der Waals surface area contributed by atoms with Gasteiger partial charge in [-0.05, 0) is 6.07 Å². The number of aromatic hydroxyl groups is 2. The summed E-state index contributed by atoms with van der Waals surface area (Å²) in [6.45, 7) is 4.00. The largest absolute Gasteiger partial charge is 0.502 e. The van der Waals surface area contributed by atoms with Crippen LogP contribution < -0.4 is 22.4 Å². The highest BCUT2D eigenvalue weighted by molar-refractivity contribution is 5.70. The summed E-state index contributed by atoms with van der Waals surface area (Å²) in [5.74, 6) is -1.84. The maximum Gasteiger partial charge on any atom is 0.417 e. The SMILES string of the molecule is CC.Cn1ccc(O)c([N+](=O)[O-])c1=O.Cn1ccc2oc(=O)[nH]c2c1=O.O=c1[nH]ccc(O)c1[N+](=O)[O-]. The third-order valence-electron chi connectivity index (χ3n) is 4.16. The van der Waals surface area contributed by atoms with Crippen LogP contribution in [-0.4, -0.2) is 39.2 Å². The molecule has 4 aromatic rings. The summed E-state index contributed by atoms with van der Waals surface area (Å²) in [7, 11) is 2.97. The molecule has 0 bridgehead atoms. The number of rotatable bonds is 2. The Balaban J connectivity index is 0.000000269. The third-order valence-corrected chi connectivity index (χ3v) is 4.16. The third kappa shape index (κ3) is 7.25. The lowest BCUT2D eigenvalue weighted by Crippen LogP contribution is -2.18. The van der Waals surface area contributed by atoms with Gasteiger partial charge in [0.05, 0.1) is 9.85 Å². The summed E-state index contributed by atoms with van der Waals surface area (Å²) < 4.78 is 7.07. The number of nitrogens with zero attached hydrogens (tertiary/aromatic N) is 4. The number of H-pyrrole nitrogens is 2. The van der Waals surface area contributed by atoms with E-state index in [-0.39, 0.29) is 11.1 Å². The monoisotopic (exact) mass is 522 g/mol. The van der Waals surface area contributed by atoms with Crippen molar-refractivity contribution in [1.82, 2.24) is 19.1 Å². The van der Waals surface area contributed by atoms with Crippen molar-refractivity contribution in [3.05, 3.63) is 98.6 Å². The van der Waals surface area contributed by atoms with Crippen molar-refractivity contribution in [3.63, 3.8) is 0 Å². The minimum absolute atomic E-state index is 0.213. The highest BCUT2D eigenvalue weighted by Gasteiger charge is 2.19. The molecule has 0 aliphatic rings. The van der Waals surface area contributed by atoms with Gasteiger partial charge in [-0.2, -0.15) is 0 Å². The Hall–Kier alpha value is -5.48. The molecule has 0 aliphatic heterocycles. The quantitative estimate of drug-likeness (QED) is 0.212. The van der Waals surface area contributed by atoms with Crippen LogP contribution in [0.5, 0.6) is 11.5 Å². The van der Waals surface area contributed by atoms with Gasteiger partial charge in [0.1, 0.15) is 0 Å². The maximum absolute atomic E-state index is 11.3. The first kappa shape index (κ1) is 29.6. The summed E-state index contributed by atoms with van der Waals surface area (Å²) in [4.78, 5) is 66.4. The van der Waals surface area contributed by atoms with E-state index in [4.69, 9.17) is 10.2 Å². The maximum atomic E-state index is 11.3. The molecule has 17 heteroatoms. The fourth-order valence-corrected chi connectivity index (χ4v) is 2.45. The van der Waals surface area contributed by atoms with E-state index in [0.29, 0.717) is 5.58 Å². The first-order valence-electron chi connectivity index (χ1n) is 10.1. The van der Waals surface area contributed by atoms with Crippen molar-refractivity contribution in [2.45, 2.75) is 13.8 Å². The number of hydrogen-bond acceptors (Lipinski definition) is 11. The van der Waals surface area contributed by atoms with Crippen molar-refractivity contribution in [2.75, 3.05) is 0 Å². The minimum atomic E-state index is -0.936. The van der Waals surface area contributed by atoms with Gasteiger partial charge in [-0.3, -0.25) is 39.6 Å². The van der Waals surface area contributed by atoms with Crippen LogP contribution in [0.25, 0.3) is 11.1 Å². The molecule has 0 saturated heterocycles. The zero-order valence-electron chi connectivity index (χ0n) is 19.8. The average Bonchev–Trinajstić information content (AvgIpc) is 3.22. The molecular weight excluding hydrogens is 500 g/mol. The number of nitrogens with one attached hydrogen (secondary N) is 2. The summed E-state index contributed by atoms with van der Waals surface area (Å²) >= 11 is 0. The van der Waals surface area contributed by atoms with Gasteiger partial charge in [0.2, 0.25) is 11.5 Å². The zero-order chi connectivity index (χ0) is 28.4. The number of pyridine rings is 3. The number of fused-ring (bicyclic) bond motifs is 1. The zero-order valence-corrected chi connectivity index (χ0v) is 19.8. The minimum Gasteiger partial charge on any atom is -0.502 e. The van der Waals surface area contributed by atoms with Gasteiger partial charge in [0.15, 0.2) is 11.1 Å². The van der Waals surface area contributed by atoms with E-state index in [9.17, 15) is 39.4 Å². The van der Waals surface area contributed by atoms with Gasteiger partial charge in [0, 0.05) is 44.8 Å². The Morgan fingerprint density at radius 1 is 0.838 bits per heavy atom. The topological polar surface area (TPSA) is 250 Å². The lowest BCUT2D eigenvalue weighted by atomic mass is 10.4. The molecule has 17 nitrogen and oxygen atoms in total. The lowest BCUT2D eigenvalue weighted by molar-refractivity contribution is -0.387. The predicted molar refractivity (Wildman–Crippen MR) is 129 cm³/mol. The van der Waals surface area contributed by atoms with Gasteiger partial charge >= 0.3 is 28.2 Å². The van der Waals surface area contributed by atoms with Crippen LogP contribution in [0.3, 0.4) is 0 Å². The Morgan fingerprint density at radius 2 is 1.35 bits per heavy atom. The van der Waals surface area contributed by atoms with Crippen molar-refractivity contribution >= 4 is 22.5 Å². The van der Waals surface area contributed by atoms with Crippen LogP contribution in [0, 0.1) is 20.2 Å². The Morgan fingerprint density at radius 3 is 1.84 bits per heavy atom. The molecule has 0 fully saturated rings. The normalized spacial score (nSPS) is 9.62. The highest BCUT2D eigenvalue weighted by atomic mass is 16.6. The van der Waals surface area contributed by atoms with E-state index in [1.165, 1.54) is 17.8 Å². The molecule has 4 N–H and O–H groups in total. The van der Waals surface area contributed by atoms with Gasteiger partial charge in [0.25, 0.3) is 5.56 Å². The van der Waals surface area contributed by atoms with Gasteiger partial charge in [-0.1, -0.05) is 13.8 Å². The molecule has 0 aliphatic carbocycles. The van der Waals surface area contributed by atoms with E-state index in [2.05, 4.69) is 14.4 Å². The second kappa shape index (κ2) is 12.8. The van der Waals surface area contributed by atoms with Gasteiger partial charge in [-0.25, -0.2) is 4.79 Å². The van der Waals surface area contributed by atoms with Crippen LogP contribution >= 0.6 is 0 Å². The fourth-order valence-electron chi connectivity index (χ4n) is 2.45. The number of oxazole rings is 1. The van der Waals surface area contributed by atoms with Crippen LogP contribution in [0.4, 0.5) is 11.4 Å². The molecule has 37 heavy (non-hydrogen) atoms. The fraction of sp³-hybridized carbons (Fsp3) is 0.200. The lowest BCUT2D eigenvalue weighted by Gasteiger charge is -1.97. The number of aromatic amines is 2. The second-order valence-corrected chi connectivity index (χ2v) is 6.51. The Labute approximate surface area is 204 Å². The van der Waals surface area contributed by atoms with Crippen LogP contribution in [0.2, 0.25) is 0 Å². The molecule has 0 saturated carbocycles. The van der Waals surface area contributed by atoms with Crippen LogP contribution in [-0.2, 0) is 14.1 Å². The smallest absolute Gasteiger partial charge is 0.417 e. The molecule has 198 valence electrons. The molecular formula is C20H22N6O11. The first-order valence-corrected chi connectivity index (χ1v) is 10.1. The molecule has 4 aromatic heterocycles. The van der Waals surface area contributed by atoms with E-state index in [0.717, 1.165) is 22.9 Å². The second-order valence-electron chi connectivity index (χ2n) is 6.51.